The Morgan fingerprint density at radius 3 is 2.54 bits per heavy atom. The highest BCUT2D eigenvalue weighted by atomic mass is 16.3. The SMILES string of the molecule is CN=C(NCc1coc(-c2ccc(C)cc2)n1)NCC(C)(C)N1CCCCC1. The van der Waals surface area contributed by atoms with Crippen molar-refractivity contribution in [3.05, 3.63) is 41.8 Å². The number of hydrogen-bond acceptors (Lipinski definition) is 4. The Morgan fingerprint density at radius 2 is 1.86 bits per heavy atom. The van der Waals surface area contributed by atoms with Gasteiger partial charge in [0, 0.05) is 24.7 Å². The minimum Gasteiger partial charge on any atom is -0.444 e. The minimum absolute atomic E-state index is 0.102. The molecule has 6 heteroatoms. The minimum atomic E-state index is 0.102. The summed E-state index contributed by atoms with van der Waals surface area (Å²) in [4.78, 5) is 11.5. The lowest BCUT2D eigenvalue weighted by Gasteiger charge is -2.41. The van der Waals surface area contributed by atoms with Crippen molar-refractivity contribution >= 4 is 5.96 Å². The van der Waals surface area contributed by atoms with Crippen LogP contribution in [0.25, 0.3) is 11.5 Å². The zero-order valence-electron chi connectivity index (χ0n) is 17.6. The highest BCUT2D eigenvalue weighted by Crippen LogP contribution is 2.20. The van der Waals surface area contributed by atoms with Crippen LogP contribution in [0.3, 0.4) is 0 Å². The molecule has 1 aromatic carbocycles. The van der Waals surface area contributed by atoms with Gasteiger partial charge in [0.25, 0.3) is 0 Å². The van der Waals surface area contributed by atoms with Crippen molar-refractivity contribution in [3.63, 3.8) is 0 Å². The Bertz CT molecular complexity index is 772. The Morgan fingerprint density at radius 1 is 1.14 bits per heavy atom. The number of nitrogens with zero attached hydrogens (tertiary/aromatic N) is 3. The monoisotopic (exact) mass is 383 g/mol. The van der Waals surface area contributed by atoms with E-state index < -0.39 is 0 Å². The molecule has 0 spiro atoms. The van der Waals surface area contributed by atoms with E-state index in [1.807, 2.05) is 12.1 Å². The van der Waals surface area contributed by atoms with Crippen LogP contribution in [0.15, 0.2) is 39.9 Å². The molecular formula is C22H33N5O. The number of benzene rings is 1. The summed E-state index contributed by atoms with van der Waals surface area (Å²) in [6.07, 6.45) is 5.65. The molecule has 0 saturated carbocycles. The molecule has 0 amide bonds. The molecule has 1 aliphatic rings. The van der Waals surface area contributed by atoms with Gasteiger partial charge in [-0.05, 0) is 58.8 Å². The lowest BCUT2D eigenvalue weighted by Crippen LogP contribution is -2.54. The van der Waals surface area contributed by atoms with Gasteiger partial charge in [0.2, 0.25) is 5.89 Å². The zero-order valence-corrected chi connectivity index (χ0v) is 17.6. The Labute approximate surface area is 168 Å². The van der Waals surface area contributed by atoms with Gasteiger partial charge >= 0.3 is 0 Å². The number of likely N-dealkylation sites (tertiary alicyclic amines) is 1. The van der Waals surface area contributed by atoms with Crippen LogP contribution in [0, 0.1) is 6.92 Å². The molecule has 1 aromatic heterocycles. The molecule has 152 valence electrons. The third-order valence-electron chi connectivity index (χ3n) is 5.41. The number of nitrogens with one attached hydrogen (secondary N) is 2. The fourth-order valence-corrected chi connectivity index (χ4v) is 3.52. The van der Waals surface area contributed by atoms with Crippen molar-refractivity contribution in [1.82, 2.24) is 20.5 Å². The third-order valence-corrected chi connectivity index (χ3v) is 5.41. The highest BCUT2D eigenvalue weighted by Gasteiger charge is 2.27. The molecule has 28 heavy (non-hydrogen) atoms. The first kappa shape index (κ1) is 20.4. The number of piperidine rings is 1. The van der Waals surface area contributed by atoms with E-state index in [1.54, 1.807) is 13.3 Å². The average molecular weight is 384 g/mol. The zero-order chi connectivity index (χ0) is 20.0. The first-order valence-corrected chi connectivity index (χ1v) is 10.2. The maximum absolute atomic E-state index is 5.63. The van der Waals surface area contributed by atoms with Crippen LogP contribution in [0.2, 0.25) is 0 Å². The summed E-state index contributed by atoms with van der Waals surface area (Å²) in [6, 6.07) is 8.18. The molecule has 0 radical (unpaired) electrons. The van der Waals surface area contributed by atoms with Gasteiger partial charge in [-0.2, -0.15) is 0 Å². The third kappa shape index (κ3) is 5.35. The Hall–Kier alpha value is -2.34. The van der Waals surface area contributed by atoms with Crippen LogP contribution < -0.4 is 10.6 Å². The van der Waals surface area contributed by atoms with E-state index >= 15 is 0 Å². The molecule has 1 fully saturated rings. The van der Waals surface area contributed by atoms with Gasteiger partial charge in [0.1, 0.15) is 6.26 Å². The first-order chi connectivity index (χ1) is 13.5. The summed E-state index contributed by atoms with van der Waals surface area (Å²) in [5.41, 5.74) is 3.17. The second-order valence-corrected chi connectivity index (χ2v) is 8.15. The molecule has 0 bridgehead atoms. The number of hydrogen-bond donors (Lipinski definition) is 2. The second kappa shape index (κ2) is 9.24. The number of aromatic nitrogens is 1. The van der Waals surface area contributed by atoms with Crippen LogP contribution in [0.4, 0.5) is 0 Å². The standard InChI is InChI=1S/C22H33N5O/c1-17-8-10-18(11-9-17)20-26-19(15-28-20)14-24-21(23-4)25-16-22(2,3)27-12-6-5-7-13-27/h8-11,15H,5-7,12-14,16H2,1-4H3,(H2,23,24,25). The van der Waals surface area contributed by atoms with Crippen LogP contribution in [-0.2, 0) is 6.54 Å². The van der Waals surface area contributed by atoms with Gasteiger partial charge in [0.05, 0.1) is 12.2 Å². The van der Waals surface area contributed by atoms with E-state index in [2.05, 4.69) is 58.4 Å². The topological polar surface area (TPSA) is 65.7 Å². The van der Waals surface area contributed by atoms with Gasteiger partial charge in [-0.25, -0.2) is 4.98 Å². The molecule has 6 nitrogen and oxygen atoms in total. The lowest BCUT2D eigenvalue weighted by molar-refractivity contribution is 0.0982. The van der Waals surface area contributed by atoms with Crippen LogP contribution in [0.1, 0.15) is 44.4 Å². The highest BCUT2D eigenvalue weighted by molar-refractivity contribution is 5.79. The van der Waals surface area contributed by atoms with E-state index in [0.29, 0.717) is 12.4 Å². The number of guanidine groups is 1. The van der Waals surface area contributed by atoms with Crippen LogP contribution in [-0.4, -0.2) is 48.1 Å². The van der Waals surface area contributed by atoms with Crippen molar-refractivity contribution in [2.45, 2.75) is 52.1 Å². The maximum atomic E-state index is 5.63. The van der Waals surface area contributed by atoms with Crippen LogP contribution in [0.5, 0.6) is 0 Å². The fourth-order valence-electron chi connectivity index (χ4n) is 3.52. The summed E-state index contributed by atoms with van der Waals surface area (Å²) >= 11 is 0. The Balaban J connectivity index is 1.51. The quantitative estimate of drug-likeness (QED) is 0.590. The normalized spacial score (nSPS) is 16.2. The fraction of sp³-hybridized carbons (Fsp3) is 0.545. The van der Waals surface area contributed by atoms with E-state index in [0.717, 1.165) is 23.8 Å². The Kier molecular flexibility index (Phi) is 6.73. The van der Waals surface area contributed by atoms with Gasteiger partial charge in [-0.15, -0.1) is 0 Å². The molecule has 2 aromatic rings. The van der Waals surface area contributed by atoms with Crippen LogP contribution >= 0.6 is 0 Å². The van der Waals surface area contributed by atoms with Crippen molar-refractivity contribution in [2.24, 2.45) is 4.99 Å². The molecule has 0 unspecified atom stereocenters. The van der Waals surface area contributed by atoms with Crippen molar-refractivity contribution in [2.75, 3.05) is 26.7 Å². The maximum Gasteiger partial charge on any atom is 0.226 e. The lowest BCUT2D eigenvalue weighted by atomic mass is 9.98. The second-order valence-electron chi connectivity index (χ2n) is 8.15. The first-order valence-electron chi connectivity index (χ1n) is 10.2. The molecule has 0 atom stereocenters. The molecule has 2 N–H and O–H groups in total. The van der Waals surface area contributed by atoms with Gasteiger partial charge in [-0.1, -0.05) is 24.1 Å². The van der Waals surface area contributed by atoms with Crippen molar-refractivity contribution in [3.8, 4) is 11.5 Å². The van der Waals surface area contributed by atoms with E-state index in [4.69, 9.17) is 4.42 Å². The predicted molar refractivity (Wildman–Crippen MR) is 114 cm³/mol. The number of oxazole rings is 1. The van der Waals surface area contributed by atoms with E-state index in [-0.39, 0.29) is 5.54 Å². The van der Waals surface area contributed by atoms with Crippen molar-refractivity contribution < 1.29 is 4.42 Å². The van der Waals surface area contributed by atoms with Crippen molar-refractivity contribution in [1.29, 1.82) is 0 Å². The summed E-state index contributed by atoms with van der Waals surface area (Å²) in [7, 11) is 1.80. The smallest absolute Gasteiger partial charge is 0.226 e. The summed E-state index contributed by atoms with van der Waals surface area (Å²) in [5, 5.41) is 6.79. The van der Waals surface area contributed by atoms with E-state index in [1.165, 1.54) is 37.9 Å². The number of aryl methyl sites for hydroxylation is 1. The van der Waals surface area contributed by atoms with Gasteiger partial charge < -0.3 is 15.1 Å². The molecule has 2 heterocycles. The summed E-state index contributed by atoms with van der Waals surface area (Å²) < 4.78 is 5.63. The van der Waals surface area contributed by atoms with E-state index in [9.17, 15) is 0 Å². The molecule has 3 rings (SSSR count). The average Bonchev–Trinajstić information content (AvgIpc) is 3.18. The summed E-state index contributed by atoms with van der Waals surface area (Å²) in [5.74, 6) is 1.43. The predicted octanol–water partition coefficient (Wildman–Crippen LogP) is 3.58. The summed E-state index contributed by atoms with van der Waals surface area (Å²) in [6.45, 7) is 10.4. The largest absolute Gasteiger partial charge is 0.444 e. The number of aliphatic imine (C=N–C) groups is 1. The molecular weight excluding hydrogens is 350 g/mol. The van der Waals surface area contributed by atoms with Gasteiger partial charge in [-0.3, -0.25) is 9.89 Å². The van der Waals surface area contributed by atoms with Gasteiger partial charge in [0.15, 0.2) is 5.96 Å². The number of rotatable bonds is 6. The molecule has 0 aliphatic carbocycles. The molecule has 1 saturated heterocycles. The molecule has 1 aliphatic heterocycles.